The van der Waals surface area contributed by atoms with Crippen molar-refractivity contribution < 1.29 is 13.9 Å². The maximum Gasteiger partial charge on any atom is 0.306 e. The van der Waals surface area contributed by atoms with Crippen LogP contribution in [0.25, 0.3) is 0 Å². The van der Waals surface area contributed by atoms with Crippen molar-refractivity contribution >= 4 is 5.97 Å². The highest BCUT2D eigenvalue weighted by Gasteiger charge is 2.16. The van der Waals surface area contributed by atoms with E-state index < -0.39 is 5.60 Å². The van der Waals surface area contributed by atoms with Crippen LogP contribution in [0.2, 0.25) is 0 Å². The Balaban J connectivity index is 3.64. The summed E-state index contributed by atoms with van der Waals surface area (Å²) in [6.45, 7) is 6.88. The molecule has 0 saturated heterocycles. The van der Waals surface area contributed by atoms with Gasteiger partial charge in [0.1, 0.15) is 5.60 Å². The lowest BCUT2D eigenvalue weighted by Gasteiger charge is -2.19. The Hall–Kier alpha value is -0.600. The number of halogens is 1. The van der Waals surface area contributed by atoms with Gasteiger partial charge in [-0.2, -0.15) is 0 Å². The van der Waals surface area contributed by atoms with Gasteiger partial charge in [-0.25, -0.2) is 0 Å². The summed E-state index contributed by atoms with van der Waals surface area (Å²) < 4.78 is 17.1. The number of hydrogen-bond acceptors (Lipinski definition) is 2. The second kappa shape index (κ2) is 5.20. The van der Waals surface area contributed by atoms with E-state index in [4.69, 9.17) is 4.74 Å². The third kappa shape index (κ3) is 7.75. The molecule has 2 nitrogen and oxygen atoms in total. The fourth-order valence-corrected chi connectivity index (χ4v) is 0.834. The number of alkyl halides is 1. The molecule has 13 heavy (non-hydrogen) atoms. The first-order valence-corrected chi connectivity index (χ1v) is 4.63. The first kappa shape index (κ1) is 12.4. The molecule has 0 aliphatic carbocycles. The van der Waals surface area contributed by atoms with Crippen molar-refractivity contribution in [3.05, 3.63) is 0 Å². The molecule has 0 radical (unpaired) electrons. The second-order valence-corrected chi connectivity index (χ2v) is 4.38. The SMILES string of the molecule is CC(CF)CCC(=O)OC(C)(C)C. The van der Waals surface area contributed by atoms with Gasteiger partial charge in [-0.05, 0) is 33.1 Å². The van der Waals surface area contributed by atoms with E-state index in [2.05, 4.69) is 0 Å². The zero-order valence-electron chi connectivity index (χ0n) is 8.89. The molecule has 0 rings (SSSR count). The monoisotopic (exact) mass is 190 g/mol. The van der Waals surface area contributed by atoms with Crippen LogP contribution in [0.4, 0.5) is 4.39 Å². The van der Waals surface area contributed by atoms with Crippen molar-refractivity contribution in [1.29, 1.82) is 0 Å². The average Bonchev–Trinajstić information content (AvgIpc) is 1.97. The standard InChI is InChI=1S/C10H19FO2/c1-8(7-11)5-6-9(12)13-10(2,3)4/h8H,5-7H2,1-4H3. The van der Waals surface area contributed by atoms with Gasteiger partial charge in [0.05, 0.1) is 6.67 Å². The van der Waals surface area contributed by atoms with E-state index in [-0.39, 0.29) is 18.6 Å². The Morgan fingerprint density at radius 3 is 2.38 bits per heavy atom. The van der Waals surface area contributed by atoms with Crippen LogP contribution < -0.4 is 0 Å². The van der Waals surface area contributed by atoms with Crippen LogP contribution in [0.15, 0.2) is 0 Å². The molecule has 0 aliphatic heterocycles. The topological polar surface area (TPSA) is 26.3 Å². The van der Waals surface area contributed by atoms with E-state index >= 15 is 0 Å². The third-order valence-electron chi connectivity index (χ3n) is 1.52. The zero-order valence-corrected chi connectivity index (χ0v) is 8.89. The van der Waals surface area contributed by atoms with Crippen molar-refractivity contribution in [2.24, 2.45) is 5.92 Å². The normalized spacial score (nSPS) is 13.9. The van der Waals surface area contributed by atoms with Crippen LogP contribution in [-0.4, -0.2) is 18.2 Å². The van der Waals surface area contributed by atoms with Crippen LogP contribution in [-0.2, 0) is 9.53 Å². The fourth-order valence-electron chi connectivity index (χ4n) is 0.834. The molecule has 0 bridgehead atoms. The minimum Gasteiger partial charge on any atom is -0.460 e. The summed E-state index contributed by atoms with van der Waals surface area (Å²) in [5.41, 5.74) is -0.434. The Kier molecular flexibility index (Phi) is 4.96. The van der Waals surface area contributed by atoms with Crippen molar-refractivity contribution in [3.8, 4) is 0 Å². The van der Waals surface area contributed by atoms with E-state index in [9.17, 15) is 9.18 Å². The first-order chi connectivity index (χ1) is 5.85. The predicted octanol–water partition coefficient (Wildman–Crippen LogP) is 2.71. The Labute approximate surface area is 79.5 Å². The summed E-state index contributed by atoms with van der Waals surface area (Å²) >= 11 is 0. The number of esters is 1. The number of rotatable bonds is 4. The summed E-state index contributed by atoms with van der Waals surface area (Å²) in [6, 6.07) is 0. The molecule has 0 aromatic heterocycles. The number of carbonyl (C=O) groups excluding carboxylic acids is 1. The van der Waals surface area contributed by atoms with Crippen LogP contribution in [0, 0.1) is 5.92 Å². The molecule has 3 heteroatoms. The molecule has 0 amide bonds. The van der Waals surface area contributed by atoms with Crippen LogP contribution >= 0.6 is 0 Å². The van der Waals surface area contributed by atoms with Gasteiger partial charge in [0, 0.05) is 6.42 Å². The third-order valence-corrected chi connectivity index (χ3v) is 1.52. The highest BCUT2D eigenvalue weighted by Crippen LogP contribution is 2.12. The zero-order chi connectivity index (χ0) is 10.5. The lowest BCUT2D eigenvalue weighted by atomic mass is 10.1. The molecule has 0 aromatic carbocycles. The van der Waals surface area contributed by atoms with E-state index in [1.165, 1.54) is 0 Å². The van der Waals surface area contributed by atoms with Gasteiger partial charge in [-0.15, -0.1) is 0 Å². The largest absolute Gasteiger partial charge is 0.460 e. The van der Waals surface area contributed by atoms with E-state index in [0.717, 1.165) is 0 Å². The van der Waals surface area contributed by atoms with Gasteiger partial charge < -0.3 is 4.74 Å². The predicted molar refractivity (Wildman–Crippen MR) is 50.2 cm³/mol. The molecule has 1 atom stereocenters. The van der Waals surface area contributed by atoms with E-state index in [1.54, 1.807) is 6.92 Å². The van der Waals surface area contributed by atoms with E-state index in [0.29, 0.717) is 12.8 Å². The molecule has 0 N–H and O–H groups in total. The fraction of sp³-hybridized carbons (Fsp3) is 0.900. The molecule has 0 aromatic rings. The molecule has 0 saturated carbocycles. The molecule has 0 heterocycles. The molecule has 0 spiro atoms. The van der Waals surface area contributed by atoms with Gasteiger partial charge >= 0.3 is 5.97 Å². The van der Waals surface area contributed by atoms with Gasteiger partial charge in [0.25, 0.3) is 0 Å². The van der Waals surface area contributed by atoms with Crippen LogP contribution in [0.3, 0.4) is 0 Å². The molecular weight excluding hydrogens is 171 g/mol. The lowest BCUT2D eigenvalue weighted by molar-refractivity contribution is -0.155. The summed E-state index contributed by atoms with van der Waals surface area (Å²) in [7, 11) is 0. The van der Waals surface area contributed by atoms with Gasteiger partial charge in [0.2, 0.25) is 0 Å². The Bertz CT molecular complexity index is 161. The Morgan fingerprint density at radius 2 is 2.00 bits per heavy atom. The molecule has 1 unspecified atom stereocenters. The van der Waals surface area contributed by atoms with Crippen LogP contribution in [0.1, 0.15) is 40.5 Å². The van der Waals surface area contributed by atoms with Crippen molar-refractivity contribution in [1.82, 2.24) is 0 Å². The maximum atomic E-state index is 12.0. The van der Waals surface area contributed by atoms with Crippen LogP contribution in [0.5, 0.6) is 0 Å². The summed E-state index contributed by atoms with van der Waals surface area (Å²) in [5, 5.41) is 0. The number of ether oxygens (including phenoxy) is 1. The van der Waals surface area contributed by atoms with Gasteiger partial charge in [-0.1, -0.05) is 6.92 Å². The first-order valence-electron chi connectivity index (χ1n) is 4.63. The summed E-state index contributed by atoms with van der Waals surface area (Å²) in [6.07, 6.45) is 0.869. The highest BCUT2D eigenvalue weighted by atomic mass is 19.1. The van der Waals surface area contributed by atoms with Crippen molar-refractivity contribution in [2.45, 2.75) is 46.1 Å². The lowest BCUT2D eigenvalue weighted by Crippen LogP contribution is -2.24. The average molecular weight is 190 g/mol. The molecule has 78 valence electrons. The molecular formula is C10H19FO2. The van der Waals surface area contributed by atoms with Crippen molar-refractivity contribution in [3.63, 3.8) is 0 Å². The van der Waals surface area contributed by atoms with Gasteiger partial charge in [0.15, 0.2) is 0 Å². The second-order valence-electron chi connectivity index (χ2n) is 4.38. The maximum absolute atomic E-state index is 12.0. The van der Waals surface area contributed by atoms with E-state index in [1.807, 2.05) is 20.8 Å². The van der Waals surface area contributed by atoms with Crippen molar-refractivity contribution in [2.75, 3.05) is 6.67 Å². The number of hydrogen-bond donors (Lipinski definition) is 0. The summed E-state index contributed by atoms with van der Waals surface area (Å²) in [4.78, 5) is 11.1. The molecule has 0 fully saturated rings. The quantitative estimate of drug-likeness (QED) is 0.637. The minimum atomic E-state index is -0.434. The molecule has 0 aliphatic rings. The Morgan fingerprint density at radius 1 is 1.46 bits per heavy atom. The minimum absolute atomic E-state index is 0.0486. The van der Waals surface area contributed by atoms with Gasteiger partial charge in [-0.3, -0.25) is 9.18 Å². The highest BCUT2D eigenvalue weighted by molar-refractivity contribution is 5.69. The summed E-state index contributed by atoms with van der Waals surface area (Å²) in [5.74, 6) is -0.291. The number of carbonyl (C=O) groups is 1. The smallest absolute Gasteiger partial charge is 0.306 e.